The Morgan fingerprint density at radius 3 is 3.00 bits per heavy atom. The van der Waals surface area contributed by atoms with E-state index < -0.39 is 0 Å². The van der Waals surface area contributed by atoms with Crippen LogP contribution < -0.4 is 10.5 Å². The third-order valence-corrected chi connectivity index (χ3v) is 3.54. The molecule has 0 saturated carbocycles. The number of ether oxygens (including phenoxy) is 1. The average molecular weight is 257 g/mol. The lowest BCUT2D eigenvalue weighted by Crippen LogP contribution is -1.96. The molecule has 2 N–H and O–H groups in total. The van der Waals surface area contributed by atoms with Crippen molar-refractivity contribution in [3.63, 3.8) is 0 Å². The van der Waals surface area contributed by atoms with E-state index in [4.69, 9.17) is 10.5 Å². The van der Waals surface area contributed by atoms with Crippen LogP contribution in [0.3, 0.4) is 0 Å². The van der Waals surface area contributed by atoms with Crippen LogP contribution in [-0.2, 0) is 0 Å². The van der Waals surface area contributed by atoms with Gasteiger partial charge in [0.25, 0.3) is 0 Å². The third kappa shape index (κ3) is 1.78. The molecule has 2 heterocycles. The molecule has 0 atom stereocenters. The maximum Gasteiger partial charge on any atom is 0.231 e. The second-order valence-electron chi connectivity index (χ2n) is 3.91. The lowest BCUT2D eigenvalue weighted by molar-refractivity contribution is 0.470. The second kappa shape index (κ2) is 4.27. The van der Waals surface area contributed by atoms with Crippen LogP contribution in [0.2, 0.25) is 0 Å². The van der Waals surface area contributed by atoms with Gasteiger partial charge in [0, 0.05) is 0 Å². The highest BCUT2D eigenvalue weighted by Gasteiger charge is 2.09. The van der Waals surface area contributed by atoms with Crippen molar-refractivity contribution in [2.75, 3.05) is 5.73 Å². The lowest BCUT2D eigenvalue weighted by atomic mass is 10.2. The van der Waals surface area contributed by atoms with Gasteiger partial charge in [0.1, 0.15) is 11.2 Å². The van der Waals surface area contributed by atoms with E-state index in [9.17, 15) is 0 Å². The molecule has 5 heteroatoms. The number of hydrogen-bond acceptors (Lipinski definition) is 5. The number of nitrogens with zero attached hydrogens (tertiary/aromatic N) is 2. The van der Waals surface area contributed by atoms with Gasteiger partial charge in [-0.2, -0.15) is 0 Å². The normalized spacial score (nSPS) is 10.7. The molecule has 0 spiro atoms. The highest BCUT2D eigenvalue weighted by atomic mass is 32.1. The number of fused-ring (bicyclic) bond motifs is 1. The molecule has 2 aromatic heterocycles. The maximum absolute atomic E-state index is 5.98. The molecule has 3 aromatic rings. The molecule has 4 nitrogen and oxygen atoms in total. The predicted octanol–water partition coefficient (Wildman–Crippen LogP) is 3.37. The molecule has 90 valence electrons. The fourth-order valence-corrected chi connectivity index (χ4v) is 2.42. The number of hydrogen-bond donors (Lipinski definition) is 1. The number of rotatable bonds is 2. The van der Waals surface area contributed by atoms with Gasteiger partial charge in [-0.15, -0.1) is 11.3 Å². The van der Waals surface area contributed by atoms with Gasteiger partial charge in [-0.1, -0.05) is 12.1 Å². The summed E-state index contributed by atoms with van der Waals surface area (Å²) in [6, 6.07) is 7.64. The van der Waals surface area contributed by atoms with Crippen molar-refractivity contribution in [2.24, 2.45) is 0 Å². The molecular formula is C13H11N3OS. The second-order valence-corrected chi connectivity index (χ2v) is 4.80. The smallest absolute Gasteiger partial charge is 0.231 e. The number of para-hydroxylation sites is 1. The third-order valence-electron chi connectivity index (χ3n) is 2.72. The zero-order chi connectivity index (χ0) is 12.5. The monoisotopic (exact) mass is 257 g/mol. The number of aromatic nitrogens is 2. The molecule has 0 saturated heterocycles. The first kappa shape index (κ1) is 11.0. The Morgan fingerprint density at radius 2 is 2.11 bits per heavy atom. The molecule has 3 rings (SSSR count). The number of benzene rings is 1. The summed E-state index contributed by atoms with van der Waals surface area (Å²) in [5, 5.41) is 2.87. The van der Waals surface area contributed by atoms with Crippen molar-refractivity contribution < 1.29 is 4.74 Å². The summed E-state index contributed by atoms with van der Waals surface area (Å²) in [7, 11) is 0. The highest BCUT2D eigenvalue weighted by Crippen LogP contribution is 2.33. The molecule has 0 aliphatic heterocycles. The van der Waals surface area contributed by atoms with E-state index in [1.807, 2.05) is 36.6 Å². The van der Waals surface area contributed by atoms with Gasteiger partial charge < -0.3 is 10.5 Å². The van der Waals surface area contributed by atoms with Gasteiger partial charge in [0.15, 0.2) is 5.75 Å². The minimum absolute atomic E-state index is 0.540. The average Bonchev–Trinajstić information content (AvgIpc) is 2.84. The van der Waals surface area contributed by atoms with Crippen LogP contribution in [0.4, 0.5) is 5.69 Å². The first-order chi connectivity index (χ1) is 8.75. The number of anilines is 1. The number of aryl methyl sites for hydroxylation is 1. The van der Waals surface area contributed by atoms with Crippen molar-refractivity contribution >= 4 is 27.2 Å². The van der Waals surface area contributed by atoms with E-state index >= 15 is 0 Å². The van der Waals surface area contributed by atoms with Crippen LogP contribution in [0.5, 0.6) is 11.6 Å². The van der Waals surface area contributed by atoms with Gasteiger partial charge in [-0.25, -0.2) is 9.97 Å². The molecular weight excluding hydrogens is 246 g/mol. The van der Waals surface area contributed by atoms with Crippen molar-refractivity contribution in [2.45, 2.75) is 6.92 Å². The Hall–Kier alpha value is -2.14. The van der Waals surface area contributed by atoms with Crippen molar-refractivity contribution in [1.29, 1.82) is 0 Å². The van der Waals surface area contributed by atoms with Crippen molar-refractivity contribution in [3.8, 4) is 11.6 Å². The van der Waals surface area contributed by atoms with Crippen LogP contribution in [0, 0.1) is 6.92 Å². The van der Waals surface area contributed by atoms with Crippen molar-refractivity contribution in [1.82, 2.24) is 9.97 Å². The quantitative estimate of drug-likeness (QED) is 0.715. The fraction of sp³-hybridized carbons (Fsp3) is 0.0769. The topological polar surface area (TPSA) is 61.0 Å². The van der Waals surface area contributed by atoms with E-state index in [2.05, 4.69) is 9.97 Å². The molecule has 18 heavy (non-hydrogen) atoms. The standard InChI is InChI=1S/C13H11N3OS/c1-8-3-2-4-10(11(8)14)17-12-9-5-6-18-13(9)16-7-15-12/h2-7H,14H2,1H3. The van der Waals surface area contributed by atoms with Crippen LogP contribution in [-0.4, -0.2) is 9.97 Å². The van der Waals surface area contributed by atoms with E-state index in [0.717, 1.165) is 15.8 Å². The number of thiophene rings is 1. The van der Waals surface area contributed by atoms with Gasteiger partial charge in [-0.3, -0.25) is 0 Å². The Kier molecular flexibility index (Phi) is 2.60. The zero-order valence-electron chi connectivity index (χ0n) is 9.75. The maximum atomic E-state index is 5.98. The van der Waals surface area contributed by atoms with E-state index in [0.29, 0.717) is 17.3 Å². The minimum atomic E-state index is 0.540. The molecule has 0 amide bonds. The summed E-state index contributed by atoms with van der Waals surface area (Å²) in [4.78, 5) is 9.25. The molecule has 0 unspecified atom stereocenters. The van der Waals surface area contributed by atoms with Gasteiger partial charge in [0.05, 0.1) is 11.1 Å². The van der Waals surface area contributed by atoms with Crippen LogP contribution >= 0.6 is 11.3 Å². The summed E-state index contributed by atoms with van der Waals surface area (Å²) in [5.41, 5.74) is 7.61. The summed E-state index contributed by atoms with van der Waals surface area (Å²) in [6.45, 7) is 1.95. The number of nitrogens with two attached hydrogens (primary N) is 1. The molecule has 1 aromatic carbocycles. The van der Waals surface area contributed by atoms with Gasteiger partial charge in [0.2, 0.25) is 5.88 Å². The molecule has 0 aliphatic carbocycles. The van der Waals surface area contributed by atoms with Gasteiger partial charge >= 0.3 is 0 Å². The van der Waals surface area contributed by atoms with Crippen LogP contribution in [0.1, 0.15) is 5.56 Å². The van der Waals surface area contributed by atoms with E-state index in [1.54, 1.807) is 11.3 Å². The minimum Gasteiger partial charge on any atom is -0.436 e. The Balaban J connectivity index is 2.06. The van der Waals surface area contributed by atoms with E-state index in [-0.39, 0.29) is 0 Å². The Labute approximate surface area is 108 Å². The first-order valence-electron chi connectivity index (χ1n) is 5.47. The summed E-state index contributed by atoms with van der Waals surface area (Å²) >= 11 is 1.56. The van der Waals surface area contributed by atoms with Crippen molar-refractivity contribution in [3.05, 3.63) is 41.5 Å². The van der Waals surface area contributed by atoms with Crippen LogP contribution in [0.15, 0.2) is 36.0 Å². The highest BCUT2D eigenvalue weighted by molar-refractivity contribution is 7.16. The lowest BCUT2D eigenvalue weighted by Gasteiger charge is -2.09. The largest absolute Gasteiger partial charge is 0.436 e. The number of nitrogen functional groups attached to an aromatic ring is 1. The summed E-state index contributed by atoms with van der Waals surface area (Å²) in [6.07, 6.45) is 1.50. The predicted molar refractivity (Wildman–Crippen MR) is 73.1 cm³/mol. The molecule has 0 radical (unpaired) electrons. The molecule has 0 aliphatic rings. The molecule has 0 fully saturated rings. The summed E-state index contributed by atoms with van der Waals surface area (Å²) in [5.74, 6) is 1.17. The van der Waals surface area contributed by atoms with Crippen LogP contribution in [0.25, 0.3) is 10.2 Å². The van der Waals surface area contributed by atoms with E-state index in [1.165, 1.54) is 6.33 Å². The Bertz CT molecular complexity index is 708. The molecule has 0 bridgehead atoms. The zero-order valence-corrected chi connectivity index (χ0v) is 10.6. The van der Waals surface area contributed by atoms with Gasteiger partial charge in [-0.05, 0) is 30.0 Å². The summed E-state index contributed by atoms with van der Waals surface area (Å²) < 4.78 is 5.79. The first-order valence-corrected chi connectivity index (χ1v) is 6.35. The fourth-order valence-electron chi connectivity index (χ4n) is 1.70. The SMILES string of the molecule is Cc1cccc(Oc2ncnc3sccc23)c1N. The Morgan fingerprint density at radius 1 is 1.22 bits per heavy atom.